The van der Waals surface area contributed by atoms with E-state index in [-0.39, 0.29) is 0 Å². The molecule has 0 aliphatic carbocycles. The van der Waals surface area contributed by atoms with Gasteiger partial charge in [-0.05, 0) is 13.8 Å². The van der Waals surface area contributed by atoms with E-state index in [1.54, 1.807) is 14.2 Å². The predicted octanol–water partition coefficient (Wildman–Crippen LogP) is -0.191. The molecule has 0 spiro atoms. The highest BCUT2D eigenvalue weighted by Crippen LogP contribution is 1.98. The zero-order valence-electron chi connectivity index (χ0n) is 10.7. The first kappa shape index (κ1) is 15.2. The van der Waals surface area contributed by atoms with Crippen molar-refractivity contribution in [2.45, 2.75) is 19.9 Å². The second kappa shape index (κ2) is 9.38. The largest absolute Gasteiger partial charge is 0.383 e. The summed E-state index contributed by atoms with van der Waals surface area (Å²) in [6, 6.07) is 0.312. The van der Waals surface area contributed by atoms with E-state index >= 15 is 0 Å². The summed E-state index contributed by atoms with van der Waals surface area (Å²) in [6.07, 6.45) is 0. The molecule has 0 aromatic rings. The minimum atomic E-state index is 0.312. The van der Waals surface area contributed by atoms with Crippen LogP contribution in [0.25, 0.3) is 0 Å². The average Bonchev–Trinajstić information content (AvgIpc) is 2.26. The fourth-order valence-corrected chi connectivity index (χ4v) is 1.26. The molecule has 0 fully saturated rings. The van der Waals surface area contributed by atoms with Crippen LogP contribution < -0.4 is 11.3 Å². The normalized spacial score (nSPS) is 12.0. The number of methoxy groups -OCH3 is 2. The first-order valence-corrected chi connectivity index (χ1v) is 5.43. The molecular weight excluding hydrogens is 208 g/mol. The Morgan fingerprint density at radius 2 is 1.94 bits per heavy atom. The Labute approximate surface area is 97.8 Å². The minimum Gasteiger partial charge on any atom is -0.383 e. The summed E-state index contributed by atoms with van der Waals surface area (Å²) in [6.45, 7) is 6.73. The van der Waals surface area contributed by atoms with Crippen molar-refractivity contribution in [1.82, 2.24) is 10.3 Å². The molecule has 0 aliphatic heterocycles. The SMILES string of the molecule is COCCN=C(NN)N(CCOC)C(C)C. The third-order valence-corrected chi connectivity index (χ3v) is 2.12. The topological polar surface area (TPSA) is 72.1 Å². The summed E-state index contributed by atoms with van der Waals surface area (Å²) in [5, 5.41) is 0. The van der Waals surface area contributed by atoms with Crippen molar-refractivity contribution in [2.75, 3.05) is 40.5 Å². The van der Waals surface area contributed by atoms with Crippen LogP contribution >= 0.6 is 0 Å². The summed E-state index contributed by atoms with van der Waals surface area (Å²) in [7, 11) is 3.33. The molecule has 0 aromatic carbocycles. The van der Waals surface area contributed by atoms with Gasteiger partial charge in [-0.25, -0.2) is 10.8 Å². The Balaban J connectivity index is 4.38. The second-order valence-electron chi connectivity index (χ2n) is 3.62. The molecule has 0 amide bonds. The quantitative estimate of drug-likeness (QED) is 0.209. The first-order chi connectivity index (χ1) is 7.67. The van der Waals surface area contributed by atoms with Crippen molar-refractivity contribution in [2.24, 2.45) is 10.8 Å². The van der Waals surface area contributed by atoms with Crippen molar-refractivity contribution < 1.29 is 9.47 Å². The van der Waals surface area contributed by atoms with Crippen LogP contribution in [0, 0.1) is 0 Å². The van der Waals surface area contributed by atoms with Gasteiger partial charge in [-0.2, -0.15) is 0 Å². The number of hydrogen-bond donors (Lipinski definition) is 2. The van der Waals surface area contributed by atoms with Crippen molar-refractivity contribution in [1.29, 1.82) is 0 Å². The Hall–Kier alpha value is -0.850. The van der Waals surface area contributed by atoms with Gasteiger partial charge in [0.05, 0.1) is 19.8 Å². The third-order valence-electron chi connectivity index (χ3n) is 2.12. The number of hydrazine groups is 1. The first-order valence-electron chi connectivity index (χ1n) is 5.43. The van der Waals surface area contributed by atoms with Crippen LogP contribution in [0.1, 0.15) is 13.8 Å². The molecule has 16 heavy (non-hydrogen) atoms. The Kier molecular flexibility index (Phi) is 8.88. The van der Waals surface area contributed by atoms with Crippen LogP contribution in [-0.4, -0.2) is 57.4 Å². The van der Waals surface area contributed by atoms with Gasteiger partial charge in [-0.3, -0.25) is 5.43 Å². The number of rotatable bonds is 7. The lowest BCUT2D eigenvalue weighted by molar-refractivity contribution is 0.164. The highest BCUT2D eigenvalue weighted by molar-refractivity contribution is 5.79. The number of nitrogens with zero attached hydrogens (tertiary/aromatic N) is 2. The second-order valence-corrected chi connectivity index (χ2v) is 3.62. The van der Waals surface area contributed by atoms with E-state index < -0.39 is 0 Å². The van der Waals surface area contributed by atoms with E-state index in [4.69, 9.17) is 15.3 Å². The molecular formula is C10H24N4O2. The van der Waals surface area contributed by atoms with Gasteiger partial charge in [-0.15, -0.1) is 0 Å². The van der Waals surface area contributed by atoms with E-state index in [9.17, 15) is 0 Å². The monoisotopic (exact) mass is 232 g/mol. The van der Waals surface area contributed by atoms with Crippen LogP contribution in [0.2, 0.25) is 0 Å². The molecule has 0 heterocycles. The van der Waals surface area contributed by atoms with E-state index in [1.165, 1.54) is 0 Å². The molecule has 3 N–H and O–H groups in total. The summed E-state index contributed by atoms with van der Waals surface area (Å²) < 4.78 is 9.99. The van der Waals surface area contributed by atoms with Crippen LogP contribution in [0.3, 0.4) is 0 Å². The maximum absolute atomic E-state index is 5.46. The van der Waals surface area contributed by atoms with Gasteiger partial charge in [0.1, 0.15) is 0 Å². The van der Waals surface area contributed by atoms with Gasteiger partial charge in [-0.1, -0.05) is 0 Å². The molecule has 0 atom stereocenters. The predicted molar refractivity (Wildman–Crippen MR) is 65.2 cm³/mol. The van der Waals surface area contributed by atoms with Gasteiger partial charge in [0, 0.05) is 26.8 Å². The molecule has 0 saturated carbocycles. The summed E-state index contributed by atoms with van der Waals surface area (Å²) in [5.74, 6) is 6.13. The summed E-state index contributed by atoms with van der Waals surface area (Å²) in [4.78, 5) is 6.39. The number of nitrogens with one attached hydrogen (secondary N) is 1. The highest BCUT2D eigenvalue weighted by atomic mass is 16.5. The molecule has 0 bridgehead atoms. The lowest BCUT2D eigenvalue weighted by Crippen LogP contribution is -2.49. The van der Waals surface area contributed by atoms with E-state index in [0.717, 1.165) is 6.54 Å². The summed E-state index contributed by atoms with van der Waals surface area (Å²) >= 11 is 0. The molecule has 0 rings (SSSR count). The third kappa shape index (κ3) is 5.89. The Morgan fingerprint density at radius 3 is 2.38 bits per heavy atom. The van der Waals surface area contributed by atoms with Gasteiger partial charge < -0.3 is 14.4 Å². The summed E-state index contributed by atoms with van der Waals surface area (Å²) in [5.41, 5.74) is 2.62. The molecule has 0 aliphatic rings. The molecule has 0 unspecified atom stereocenters. The number of guanidine groups is 1. The average molecular weight is 232 g/mol. The van der Waals surface area contributed by atoms with Crippen molar-refractivity contribution in [3.8, 4) is 0 Å². The molecule has 96 valence electrons. The number of nitrogens with two attached hydrogens (primary N) is 1. The van der Waals surface area contributed by atoms with Crippen LogP contribution in [0.15, 0.2) is 4.99 Å². The standard InChI is InChI=1S/C10H24N4O2/c1-9(2)14(6-8-16-4)10(13-11)12-5-7-15-3/h9H,5-8,11H2,1-4H3,(H,12,13). The molecule has 0 saturated heterocycles. The highest BCUT2D eigenvalue weighted by Gasteiger charge is 2.13. The zero-order valence-corrected chi connectivity index (χ0v) is 10.7. The van der Waals surface area contributed by atoms with E-state index in [2.05, 4.69) is 29.2 Å². The molecule has 0 aromatic heterocycles. The maximum Gasteiger partial charge on any atom is 0.208 e. The lowest BCUT2D eigenvalue weighted by Gasteiger charge is -2.29. The van der Waals surface area contributed by atoms with Gasteiger partial charge >= 0.3 is 0 Å². The van der Waals surface area contributed by atoms with Crippen molar-refractivity contribution >= 4 is 5.96 Å². The Morgan fingerprint density at radius 1 is 1.31 bits per heavy atom. The lowest BCUT2D eigenvalue weighted by atomic mass is 10.3. The van der Waals surface area contributed by atoms with E-state index in [1.807, 2.05) is 0 Å². The molecule has 6 nitrogen and oxygen atoms in total. The van der Waals surface area contributed by atoms with Crippen LogP contribution in [0.4, 0.5) is 0 Å². The smallest absolute Gasteiger partial charge is 0.208 e. The van der Waals surface area contributed by atoms with Crippen molar-refractivity contribution in [3.63, 3.8) is 0 Å². The van der Waals surface area contributed by atoms with Crippen LogP contribution in [-0.2, 0) is 9.47 Å². The minimum absolute atomic E-state index is 0.312. The number of aliphatic imine (C=N–C) groups is 1. The van der Waals surface area contributed by atoms with Gasteiger partial charge in [0.25, 0.3) is 0 Å². The van der Waals surface area contributed by atoms with Gasteiger partial charge in [0.15, 0.2) is 0 Å². The molecule has 0 radical (unpaired) electrons. The Bertz CT molecular complexity index is 197. The van der Waals surface area contributed by atoms with Gasteiger partial charge in [0.2, 0.25) is 5.96 Å². The molecule has 6 heteroatoms. The number of hydrogen-bond acceptors (Lipinski definition) is 4. The maximum atomic E-state index is 5.46. The fourth-order valence-electron chi connectivity index (χ4n) is 1.26. The van der Waals surface area contributed by atoms with Crippen LogP contribution in [0.5, 0.6) is 0 Å². The zero-order chi connectivity index (χ0) is 12.4. The number of ether oxygens (including phenoxy) is 2. The van der Waals surface area contributed by atoms with Crippen molar-refractivity contribution in [3.05, 3.63) is 0 Å². The van der Waals surface area contributed by atoms with E-state index in [0.29, 0.717) is 31.8 Å². The fraction of sp³-hybridized carbons (Fsp3) is 0.900.